The Kier molecular flexibility index (Phi) is 4.74. The molecule has 4 rings (SSSR count). The second-order valence-electron chi connectivity index (χ2n) is 6.99. The summed E-state index contributed by atoms with van der Waals surface area (Å²) in [5.74, 6) is 1.88. The lowest BCUT2D eigenvalue weighted by molar-refractivity contribution is 0.491. The van der Waals surface area contributed by atoms with Crippen molar-refractivity contribution in [3.05, 3.63) is 119 Å². The van der Waals surface area contributed by atoms with E-state index >= 15 is 0 Å². The molecule has 0 spiro atoms. The molecule has 0 saturated heterocycles. The molecule has 0 unspecified atom stereocenters. The van der Waals surface area contributed by atoms with Gasteiger partial charge in [0.25, 0.3) is 0 Å². The molecule has 0 amide bonds. The number of rotatable bonds is 5. The first-order chi connectivity index (χ1) is 13.7. The lowest BCUT2D eigenvalue weighted by Gasteiger charge is -2.39. The average Bonchev–Trinajstić information content (AvgIpc) is 3.05. The van der Waals surface area contributed by atoms with Gasteiger partial charge in [-0.05, 0) is 30.5 Å². The summed E-state index contributed by atoms with van der Waals surface area (Å²) >= 11 is 0. The fraction of sp³-hybridized carbons (Fsp3) is 0.160. The van der Waals surface area contributed by atoms with Crippen LogP contribution in [0, 0.1) is 13.8 Å². The minimum atomic E-state index is -0.514. The van der Waals surface area contributed by atoms with Gasteiger partial charge >= 0.3 is 0 Å². The molecule has 3 nitrogen and oxygen atoms in total. The average molecular weight is 367 g/mol. The van der Waals surface area contributed by atoms with Crippen LogP contribution in [0.15, 0.2) is 91.0 Å². The van der Waals surface area contributed by atoms with E-state index in [0.29, 0.717) is 0 Å². The topological polar surface area (TPSA) is 29.9 Å². The monoisotopic (exact) mass is 367 g/mol. The molecule has 4 aromatic rings. The Labute approximate surface area is 166 Å². The smallest absolute Gasteiger partial charge is 0.147 e. The van der Waals surface area contributed by atoms with E-state index in [1.54, 1.807) is 0 Å². The molecule has 0 atom stereocenters. The van der Waals surface area contributed by atoms with Gasteiger partial charge in [-0.2, -0.15) is 0 Å². The largest absolute Gasteiger partial charge is 0.372 e. The van der Waals surface area contributed by atoms with E-state index in [0.717, 1.165) is 17.3 Å². The molecule has 1 N–H and O–H groups in total. The first kappa shape index (κ1) is 18.1. The second-order valence-corrected chi connectivity index (χ2v) is 6.99. The molecule has 0 aliphatic rings. The number of aryl methyl sites for hydroxylation is 1. The van der Waals surface area contributed by atoms with Crippen molar-refractivity contribution in [2.45, 2.75) is 19.4 Å². The molecule has 28 heavy (non-hydrogen) atoms. The minimum absolute atomic E-state index is 0.514. The maximum absolute atomic E-state index is 4.82. The maximum Gasteiger partial charge on any atom is 0.147 e. The van der Waals surface area contributed by atoms with Crippen LogP contribution < -0.4 is 5.32 Å². The molecule has 140 valence electrons. The molecule has 3 aromatic carbocycles. The molecule has 0 aliphatic carbocycles. The van der Waals surface area contributed by atoms with Gasteiger partial charge in [0.05, 0.1) is 5.69 Å². The molecule has 1 aromatic heterocycles. The third kappa shape index (κ3) is 2.71. The number of nitrogens with zero attached hydrogens (tertiary/aromatic N) is 2. The predicted molar refractivity (Wildman–Crippen MR) is 116 cm³/mol. The van der Waals surface area contributed by atoms with Crippen LogP contribution in [0.5, 0.6) is 0 Å². The van der Waals surface area contributed by atoms with Crippen molar-refractivity contribution in [3.8, 4) is 0 Å². The van der Waals surface area contributed by atoms with E-state index in [1.807, 2.05) is 7.05 Å². The third-order valence-electron chi connectivity index (χ3n) is 5.42. The fourth-order valence-corrected chi connectivity index (χ4v) is 4.30. The molecule has 1 heterocycles. The molecule has 0 saturated carbocycles. The molecule has 0 fully saturated rings. The van der Waals surface area contributed by atoms with Crippen LogP contribution in [0.4, 0.5) is 5.82 Å². The third-order valence-corrected chi connectivity index (χ3v) is 5.42. The van der Waals surface area contributed by atoms with Crippen molar-refractivity contribution >= 4 is 5.82 Å². The van der Waals surface area contributed by atoms with E-state index in [2.05, 4.69) is 115 Å². The Morgan fingerprint density at radius 3 is 1.39 bits per heavy atom. The minimum Gasteiger partial charge on any atom is -0.372 e. The fourth-order valence-electron chi connectivity index (χ4n) is 4.30. The van der Waals surface area contributed by atoms with E-state index in [4.69, 9.17) is 4.98 Å². The summed E-state index contributed by atoms with van der Waals surface area (Å²) in [4.78, 5) is 4.82. The van der Waals surface area contributed by atoms with Crippen molar-refractivity contribution in [1.29, 1.82) is 0 Å². The number of nitrogens with one attached hydrogen (secondary N) is 1. The second kappa shape index (κ2) is 7.35. The highest BCUT2D eigenvalue weighted by molar-refractivity contribution is 5.54. The maximum atomic E-state index is 4.82. The molecule has 0 aliphatic heterocycles. The molecule has 0 radical (unpaired) electrons. The summed E-state index contributed by atoms with van der Waals surface area (Å²) in [6.07, 6.45) is 0. The summed E-state index contributed by atoms with van der Waals surface area (Å²) in [6.45, 7) is 4.22. The van der Waals surface area contributed by atoms with Crippen molar-refractivity contribution in [3.63, 3.8) is 0 Å². The molecule has 3 heteroatoms. The van der Waals surface area contributed by atoms with Crippen LogP contribution in [0.25, 0.3) is 0 Å². The van der Waals surface area contributed by atoms with Crippen LogP contribution >= 0.6 is 0 Å². The Hall–Kier alpha value is -3.33. The number of hydrogen-bond donors (Lipinski definition) is 1. The van der Waals surface area contributed by atoms with Crippen LogP contribution in [0.1, 0.15) is 28.2 Å². The quantitative estimate of drug-likeness (QED) is 0.480. The van der Waals surface area contributed by atoms with Crippen molar-refractivity contribution in [1.82, 2.24) is 9.55 Å². The number of anilines is 1. The van der Waals surface area contributed by atoms with Gasteiger partial charge in [-0.25, -0.2) is 4.98 Å². The lowest BCUT2D eigenvalue weighted by Crippen LogP contribution is -2.39. The Morgan fingerprint density at radius 1 is 0.679 bits per heavy atom. The van der Waals surface area contributed by atoms with E-state index in [-0.39, 0.29) is 0 Å². The van der Waals surface area contributed by atoms with Gasteiger partial charge in [-0.15, -0.1) is 0 Å². The van der Waals surface area contributed by atoms with Crippen molar-refractivity contribution in [2.24, 2.45) is 0 Å². The van der Waals surface area contributed by atoms with Gasteiger partial charge in [-0.1, -0.05) is 91.0 Å². The summed E-state index contributed by atoms with van der Waals surface area (Å²) in [5.41, 5.74) is 4.22. The Morgan fingerprint density at radius 2 is 1.07 bits per heavy atom. The van der Waals surface area contributed by atoms with Gasteiger partial charge in [0.15, 0.2) is 0 Å². The molecular formula is C25H25N3. The first-order valence-electron chi connectivity index (χ1n) is 9.60. The predicted octanol–water partition coefficient (Wildman–Crippen LogP) is 5.38. The summed E-state index contributed by atoms with van der Waals surface area (Å²) < 4.78 is 2.36. The zero-order valence-corrected chi connectivity index (χ0v) is 16.6. The summed E-state index contributed by atoms with van der Waals surface area (Å²) in [6, 6.07) is 32.1. The highest BCUT2D eigenvalue weighted by atomic mass is 15.2. The van der Waals surface area contributed by atoms with Crippen molar-refractivity contribution < 1.29 is 0 Å². The number of aromatic nitrogens is 2. The molecular weight excluding hydrogens is 342 g/mol. The standard InChI is InChI=1S/C25H25N3/c1-19-24(26-3)27-20(2)28(19)25(21-13-7-4-8-14-21,22-15-9-5-10-16-22)23-17-11-6-12-18-23/h4-18,26H,1-3H3. The number of benzene rings is 3. The van der Waals surface area contributed by atoms with Gasteiger partial charge in [0.2, 0.25) is 0 Å². The van der Waals surface area contributed by atoms with E-state index in [1.165, 1.54) is 16.7 Å². The van der Waals surface area contributed by atoms with Gasteiger partial charge in [0.1, 0.15) is 17.2 Å². The van der Waals surface area contributed by atoms with Crippen LogP contribution in [0.2, 0.25) is 0 Å². The number of imidazole rings is 1. The summed E-state index contributed by atoms with van der Waals surface area (Å²) in [5, 5.41) is 3.25. The highest BCUT2D eigenvalue weighted by Gasteiger charge is 2.40. The zero-order valence-electron chi connectivity index (χ0n) is 16.6. The SMILES string of the molecule is CNc1nc(C)n(C(c2ccccc2)(c2ccccc2)c2ccccc2)c1C. The highest BCUT2D eigenvalue weighted by Crippen LogP contribution is 2.43. The Bertz CT molecular complexity index is 955. The van der Waals surface area contributed by atoms with Crippen LogP contribution in [-0.4, -0.2) is 16.6 Å². The first-order valence-corrected chi connectivity index (χ1v) is 9.60. The Balaban J connectivity index is 2.19. The zero-order chi connectivity index (χ0) is 19.6. The van der Waals surface area contributed by atoms with Gasteiger partial charge in [0, 0.05) is 7.05 Å². The van der Waals surface area contributed by atoms with Gasteiger partial charge < -0.3 is 9.88 Å². The van der Waals surface area contributed by atoms with Crippen LogP contribution in [0.3, 0.4) is 0 Å². The summed E-state index contributed by atoms with van der Waals surface area (Å²) in [7, 11) is 1.92. The van der Waals surface area contributed by atoms with Crippen LogP contribution in [-0.2, 0) is 5.54 Å². The number of hydrogen-bond acceptors (Lipinski definition) is 2. The molecule has 0 bridgehead atoms. The lowest BCUT2D eigenvalue weighted by atomic mass is 9.76. The van der Waals surface area contributed by atoms with Gasteiger partial charge in [-0.3, -0.25) is 0 Å². The normalized spacial score (nSPS) is 11.4. The van der Waals surface area contributed by atoms with E-state index < -0.39 is 5.54 Å². The van der Waals surface area contributed by atoms with E-state index in [9.17, 15) is 0 Å². The van der Waals surface area contributed by atoms with Crippen molar-refractivity contribution in [2.75, 3.05) is 12.4 Å².